The molecule has 1 aliphatic rings. The van der Waals surface area contributed by atoms with Gasteiger partial charge >= 0.3 is 6.09 Å². The topological polar surface area (TPSA) is 62.2 Å². The molecule has 0 radical (unpaired) electrons. The van der Waals surface area contributed by atoms with Gasteiger partial charge in [-0.1, -0.05) is 6.07 Å². The van der Waals surface area contributed by atoms with Gasteiger partial charge in [-0.15, -0.1) is 0 Å². The fourth-order valence-corrected chi connectivity index (χ4v) is 2.41. The Hall–Kier alpha value is -1.95. The molecule has 2 rings (SSSR count). The third-order valence-electron chi connectivity index (χ3n) is 3.47. The summed E-state index contributed by atoms with van der Waals surface area (Å²) in [7, 11) is 0. The zero-order valence-electron chi connectivity index (χ0n) is 14.1. The van der Waals surface area contributed by atoms with Gasteiger partial charge in [-0.3, -0.25) is 0 Å². The van der Waals surface area contributed by atoms with Gasteiger partial charge in [-0.2, -0.15) is 0 Å². The molecular formula is C17H26N2O4. The van der Waals surface area contributed by atoms with E-state index in [0.717, 1.165) is 24.5 Å². The van der Waals surface area contributed by atoms with Crippen molar-refractivity contribution in [1.82, 2.24) is 4.90 Å². The summed E-state index contributed by atoms with van der Waals surface area (Å²) in [6.07, 6.45) is -0.253. The number of rotatable bonds is 4. The maximum Gasteiger partial charge on any atom is 0.410 e. The van der Waals surface area contributed by atoms with E-state index in [1.807, 2.05) is 45.0 Å². The summed E-state index contributed by atoms with van der Waals surface area (Å²) in [4.78, 5) is 16.0. The van der Waals surface area contributed by atoms with Crippen LogP contribution in [0, 0.1) is 0 Å². The first kappa shape index (κ1) is 17.4. The Morgan fingerprint density at radius 2 is 1.91 bits per heavy atom. The van der Waals surface area contributed by atoms with Gasteiger partial charge in [0.1, 0.15) is 18.0 Å². The second kappa shape index (κ2) is 7.55. The Morgan fingerprint density at radius 3 is 2.52 bits per heavy atom. The molecule has 6 nitrogen and oxygen atoms in total. The molecule has 1 aromatic carbocycles. The third kappa shape index (κ3) is 5.32. The maximum absolute atomic E-state index is 12.1. The molecule has 1 amide bonds. The Morgan fingerprint density at radius 1 is 1.22 bits per heavy atom. The van der Waals surface area contributed by atoms with Crippen LogP contribution < -0.4 is 9.64 Å². The standard InChI is InChI=1S/C17H26N2O4/c1-17(2,3)23-16(21)19-9-7-18(8-10-19)14-5-4-6-15(13-14)22-12-11-20/h4-6,13,20H,7-12H2,1-3H3. The van der Waals surface area contributed by atoms with Gasteiger partial charge in [0.05, 0.1) is 6.61 Å². The molecule has 128 valence electrons. The van der Waals surface area contributed by atoms with Crippen molar-refractivity contribution < 1.29 is 19.4 Å². The molecule has 23 heavy (non-hydrogen) atoms. The highest BCUT2D eigenvalue weighted by Crippen LogP contribution is 2.23. The molecule has 0 aliphatic carbocycles. The number of piperazine rings is 1. The lowest BCUT2D eigenvalue weighted by atomic mass is 10.2. The van der Waals surface area contributed by atoms with Crippen LogP contribution in [0.4, 0.5) is 10.5 Å². The summed E-state index contributed by atoms with van der Waals surface area (Å²) in [5.41, 5.74) is 0.594. The van der Waals surface area contributed by atoms with Crippen molar-refractivity contribution >= 4 is 11.8 Å². The normalized spacial score (nSPS) is 15.5. The van der Waals surface area contributed by atoms with E-state index in [4.69, 9.17) is 14.6 Å². The highest BCUT2D eigenvalue weighted by molar-refractivity contribution is 5.68. The van der Waals surface area contributed by atoms with Gasteiger partial charge in [0.25, 0.3) is 0 Å². The van der Waals surface area contributed by atoms with Crippen LogP contribution in [-0.2, 0) is 4.74 Å². The summed E-state index contributed by atoms with van der Waals surface area (Å²) >= 11 is 0. The molecule has 0 bridgehead atoms. The Kier molecular flexibility index (Phi) is 5.71. The second-order valence-corrected chi connectivity index (χ2v) is 6.52. The minimum absolute atomic E-state index is 0.00120. The maximum atomic E-state index is 12.1. The van der Waals surface area contributed by atoms with Crippen LogP contribution in [0.3, 0.4) is 0 Å². The highest BCUT2D eigenvalue weighted by Gasteiger charge is 2.25. The van der Waals surface area contributed by atoms with E-state index in [2.05, 4.69) is 4.90 Å². The van der Waals surface area contributed by atoms with Crippen molar-refractivity contribution in [2.45, 2.75) is 26.4 Å². The number of hydrogen-bond acceptors (Lipinski definition) is 5. The van der Waals surface area contributed by atoms with Gasteiger partial charge in [-0.25, -0.2) is 4.79 Å². The van der Waals surface area contributed by atoms with Crippen molar-refractivity contribution in [2.75, 3.05) is 44.3 Å². The van der Waals surface area contributed by atoms with Crippen LogP contribution in [0.15, 0.2) is 24.3 Å². The number of carbonyl (C=O) groups excluding carboxylic acids is 1. The van der Waals surface area contributed by atoms with E-state index in [0.29, 0.717) is 13.1 Å². The largest absolute Gasteiger partial charge is 0.491 e. The lowest BCUT2D eigenvalue weighted by Gasteiger charge is -2.36. The van der Waals surface area contributed by atoms with Crippen LogP contribution >= 0.6 is 0 Å². The molecule has 0 atom stereocenters. The molecule has 0 saturated carbocycles. The first-order valence-electron chi connectivity index (χ1n) is 7.95. The first-order chi connectivity index (χ1) is 10.9. The van der Waals surface area contributed by atoms with E-state index >= 15 is 0 Å². The SMILES string of the molecule is CC(C)(C)OC(=O)N1CCN(c2cccc(OCCO)c2)CC1. The molecule has 0 aromatic heterocycles. The lowest BCUT2D eigenvalue weighted by Crippen LogP contribution is -2.50. The molecule has 0 spiro atoms. The number of amides is 1. The fourth-order valence-electron chi connectivity index (χ4n) is 2.41. The van der Waals surface area contributed by atoms with Gasteiger partial charge in [0.15, 0.2) is 0 Å². The predicted molar refractivity (Wildman–Crippen MR) is 89.0 cm³/mol. The van der Waals surface area contributed by atoms with E-state index < -0.39 is 5.60 Å². The van der Waals surface area contributed by atoms with Gasteiger partial charge < -0.3 is 24.4 Å². The van der Waals surface area contributed by atoms with Gasteiger partial charge in [0.2, 0.25) is 0 Å². The Labute approximate surface area is 137 Å². The van der Waals surface area contributed by atoms with Crippen molar-refractivity contribution in [3.63, 3.8) is 0 Å². The summed E-state index contributed by atoms with van der Waals surface area (Å²) in [5, 5.41) is 8.82. The Balaban J connectivity index is 1.90. The zero-order valence-corrected chi connectivity index (χ0v) is 14.1. The quantitative estimate of drug-likeness (QED) is 0.920. The number of anilines is 1. The predicted octanol–water partition coefficient (Wildman–Crippen LogP) is 2.11. The van der Waals surface area contributed by atoms with Crippen LogP contribution in [0.25, 0.3) is 0 Å². The monoisotopic (exact) mass is 322 g/mol. The van der Waals surface area contributed by atoms with Gasteiger partial charge in [-0.05, 0) is 32.9 Å². The molecule has 1 aliphatic heterocycles. The molecule has 1 aromatic rings. The van der Waals surface area contributed by atoms with Crippen LogP contribution in [0.1, 0.15) is 20.8 Å². The molecule has 0 unspecified atom stereocenters. The van der Waals surface area contributed by atoms with Crippen LogP contribution in [0.5, 0.6) is 5.75 Å². The minimum atomic E-state index is -0.466. The summed E-state index contributed by atoms with van der Waals surface area (Å²) in [5.74, 6) is 0.742. The van der Waals surface area contributed by atoms with E-state index in [1.165, 1.54) is 0 Å². The second-order valence-electron chi connectivity index (χ2n) is 6.52. The van der Waals surface area contributed by atoms with Crippen molar-refractivity contribution in [1.29, 1.82) is 0 Å². The number of aliphatic hydroxyl groups excluding tert-OH is 1. The highest BCUT2D eigenvalue weighted by atomic mass is 16.6. The molecule has 1 N–H and O–H groups in total. The third-order valence-corrected chi connectivity index (χ3v) is 3.47. The van der Waals surface area contributed by atoms with E-state index in [1.54, 1.807) is 4.90 Å². The molecular weight excluding hydrogens is 296 g/mol. The summed E-state index contributed by atoms with van der Waals surface area (Å²) in [6.45, 7) is 8.68. The number of ether oxygens (including phenoxy) is 2. The van der Waals surface area contributed by atoms with Crippen LogP contribution in [0.2, 0.25) is 0 Å². The smallest absolute Gasteiger partial charge is 0.410 e. The number of carbonyl (C=O) groups is 1. The van der Waals surface area contributed by atoms with Crippen LogP contribution in [-0.4, -0.2) is 61.1 Å². The number of aliphatic hydroxyl groups is 1. The first-order valence-corrected chi connectivity index (χ1v) is 7.95. The number of benzene rings is 1. The molecule has 1 fully saturated rings. The van der Waals surface area contributed by atoms with E-state index in [9.17, 15) is 4.79 Å². The Bertz CT molecular complexity index is 520. The average molecular weight is 322 g/mol. The number of nitrogens with zero attached hydrogens (tertiary/aromatic N) is 2. The molecule has 1 heterocycles. The van der Waals surface area contributed by atoms with Crippen molar-refractivity contribution in [3.8, 4) is 5.75 Å². The summed E-state index contributed by atoms with van der Waals surface area (Å²) in [6, 6.07) is 7.78. The van der Waals surface area contributed by atoms with Crippen molar-refractivity contribution in [3.05, 3.63) is 24.3 Å². The number of hydrogen-bond donors (Lipinski definition) is 1. The molecule has 6 heteroatoms. The minimum Gasteiger partial charge on any atom is -0.491 e. The lowest BCUT2D eigenvalue weighted by molar-refractivity contribution is 0.0240. The zero-order chi connectivity index (χ0) is 16.9. The average Bonchev–Trinajstić information content (AvgIpc) is 2.52. The van der Waals surface area contributed by atoms with Gasteiger partial charge in [0, 0.05) is 37.9 Å². The fraction of sp³-hybridized carbons (Fsp3) is 0.588. The molecule has 1 saturated heterocycles. The summed E-state index contributed by atoms with van der Waals surface area (Å²) < 4.78 is 10.8. The van der Waals surface area contributed by atoms with Crippen molar-refractivity contribution in [2.24, 2.45) is 0 Å². The van der Waals surface area contributed by atoms with E-state index in [-0.39, 0.29) is 19.3 Å².